The van der Waals surface area contributed by atoms with Gasteiger partial charge in [0, 0.05) is 8.95 Å². The van der Waals surface area contributed by atoms with Gasteiger partial charge in [-0.05, 0) is 48.7 Å². The molecular formula is C18H18Br2O3. The fourth-order valence-electron chi connectivity index (χ4n) is 2.14. The minimum atomic E-state index is -1.84. The number of halogens is 2. The minimum Gasteiger partial charge on any atom is -0.460 e. The molecule has 0 aliphatic heterocycles. The van der Waals surface area contributed by atoms with Crippen LogP contribution in [0.5, 0.6) is 0 Å². The van der Waals surface area contributed by atoms with Crippen molar-refractivity contribution in [2.45, 2.75) is 32.0 Å². The van der Waals surface area contributed by atoms with Crippen LogP contribution in [0.3, 0.4) is 0 Å². The van der Waals surface area contributed by atoms with Gasteiger partial charge in [-0.1, -0.05) is 63.0 Å². The minimum absolute atomic E-state index is 0.264. The molecule has 3 nitrogen and oxygen atoms in total. The lowest BCUT2D eigenvalue weighted by atomic mass is 9.86. The zero-order valence-electron chi connectivity index (χ0n) is 12.9. The fraction of sp³-hybridized carbons (Fsp3) is 0.278. The quantitative estimate of drug-likeness (QED) is 0.678. The topological polar surface area (TPSA) is 46.5 Å². The van der Waals surface area contributed by atoms with Crippen molar-refractivity contribution in [1.29, 1.82) is 0 Å². The highest BCUT2D eigenvalue weighted by Crippen LogP contribution is 2.33. The molecule has 0 bridgehead atoms. The van der Waals surface area contributed by atoms with Gasteiger partial charge in [0.2, 0.25) is 5.60 Å². The Hall–Kier alpha value is -1.17. The van der Waals surface area contributed by atoms with Gasteiger partial charge in [0.05, 0.1) is 6.10 Å². The van der Waals surface area contributed by atoms with Crippen LogP contribution in [0.15, 0.2) is 57.5 Å². The van der Waals surface area contributed by atoms with Gasteiger partial charge in [0.25, 0.3) is 0 Å². The van der Waals surface area contributed by atoms with Crippen LogP contribution in [0.25, 0.3) is 0 Å². The number of esters is 1. The summed E-state index contributed by atoms with van der Waals surface area (Å²) in [4.78, 5) is 12.7. The maximum Gasteiger partial charge on any atom is 0.347 e. The molecule has 0 heterocycles. The van der Waals surface area contributed by atoms with E-state index in [0.29, 0.717) is 17.5 Å². The molecule has 5 heteroatoms. The predicted molar refractivity (Wildman–Crippen MR) is 97.1 cm³/mol. The largest absolute Gasteiger partial charge is 0.460 e. The standard InChI is InChI=1S/C18H18Br2O3/c1-3-12(2)23-17(21)18(22,13-4-8-15(19)9-5-13)14-6-10-16(20)11-7-14/h4-12,22H,3H2,1-2H3. The van der Waals surface area contributed by atoms with E-state index in [2.05, 4.69) is 31.9 Å². The molecular weight excluding hydrogens is 424 g/mol. The molecule has 0 saturated carbocycles. The molecule has 2 rings (SSSR count). The normalized spacial score (nSPS) is 12.7. The Balaban J connectivity index is 2.51. The molecule has 23 heavy (non-hydrogen) atoms. The van der Waals surface area contributed by atoms with E-state index >= 15 is 0 Å². The van der Waals surface area contributed by atoms with Crippen LogP contribution < -0.4 is 0 Å². The van der Waals surface area contributed by atoms with Crippen LogP contribution in [-0.4, -0.2) is 17.2 Å². The lowest BCUT2D eigenvalue weighted by molar-refractivity contribution is -0.167. The third kappa shape index (κ3) is 4.03. The molecule has 0 fully saturated rings. The summed E-state index contributed by atoms with van der Waals surface area (Å²) in [7, 11) is 0. The molecule has 2 aromatic rings. The third-order valence-corrected chi connectivity index (χ3v) is 4.76. The first-order valence-electron chi connectivity index (χ1n) is 7.33. The average molecular weight is 442 g/mol. The van der Waals surface area contributed by atoms with Crippen LogP contribution in [0.1, 0.15) is 31.4 Å². The summed E-state index contributed by atoms with van der Waals surface area (Å²) in [5.41, 5.74) is -0.905. The van der Waals surface area contributed by atoms with Crippen LogP contribution >= 0.6 is 31.9 Å². The number of hydrogen-bond donors (Lipinski definition) is 1. The van der Waals surface area contributed by atoms with Crippen LogP contribution in [0.4, 0.5) is 0 Å². The molecule has 1 atom stereocenters. The number of rotatable bonds is 5. The zero-order chi connectivity index (χ0) is 17.0. The summed E-state index contributed by atoms with van der Waals surface area (Å²) in [5.74, 6) is -0.670. The van der Waals surface area contributed by atoms with Gasteiger partial charge in [-0.25, -0.2) is 4.79 Å². The highest BCUT2D eigenvalue weighted by Gasteiger charge is 2.42. The molecule has 0 aliphatic carbocycles. The SMILES string of the molecule is CCC(C)OC(=O)C(O)(c1ccc(Br)cc1)c1ccc(Br)cc1. The molecule has 0 aromatic heterocycles. The first-order valence-corrected chi connectivity index (χ1v) is 8.92. The van der Waals surface area contributed by atoms with Gasteiger partial charge in [0.15, 0.2) is 0 Å². The molecule has 2 aromatic carbocycles. The fourth-order valence-corrected chi connectivity index (χ4v) is 2.66. The molecule has 0 aliphatic rings. The predicted octanol–water partition coefficient (Wildman–Crippen LogP) is 4.79. The molecule has 0 amide bonds. The Kier molecular flexibility index (Phi) is 6.00. The number of ether oxygens (including phenoxy) is 1. The van der Waals surface area contributed by atoms with Crippen molar-refractivity contribution in [3.63, 3.8) is 0 Å². The lowest BCUT2D eigenvalue weighted by Gasteiger charge is -2.28. The second-order valence-corrected chi connectivity index (χ2v) is 7.18. The van der Waals surface area contributed by atoms with Crippen molar-refractivity contribution in [2.75, 3.05) is 0 Å². The van der Waals surface area contributed by atoms with Crippen LogP contribution in [0, 0.1) is 0 Å². The first-order chi connectivity index (χ1) is 10.9. The Morgan fingerprint density at radius 3 is 1.78 bits per heavy atom. The molecule has 1 unspecified atom stereocenters. The Morgan fingerprint density at radius 2 is 1.43 bits per heavy atom. The zero-order valence-corrected chi connectivity index (χ0v) is 16.1. The second-order valence-electron chi connectivity index (χ2n) is 5.35. The summed E-state index contributed by atoms with van der Waals surface area (Å²) < 4.78 is 7.16. The van der Waals surface area contributed by atoms with E-state index in [0.717, 1.165) is 8.95 Å². The summed E-state index contributed by atoms with van der Waals surface area (Å²) in [6.07, 6.45) is 0.419. The van der Waals surface area contributed by atoms with Crippen LogP contribution in [0.2, 0.25) is 0 Å². The van der Waals surface area contributed by atoms with Crippen molar-refractivity contribution < 1.29 is 14.6 Å². The van der Waals surface area contributed by atoms with Crippen molar-refractivity contribution in [3.05, 3.63) is 68.6 Å². The van der Waals surface area contributed by atoms with Gasteiger partial charge in [-0.2, -0.15) is 0 Å². The average Bonchev–Trinajstić information content (AvgIpc) is 2.55. The Labute approximate surface area is 152 Å². The van der Waals surface area contributed by atoms with E-state index in [-0.39, 0.29) is 6.10 Å². The van der Waals surface area contributed by atoms with Gasteiger partial charge >= 0.3 is 5.97 Å². The van der Waals surface area contributed by atoms with Gasteiger partial charge in [-0.3, -0.25) is 0 Å². The summed E-state index contributed by atoms with van der Waals surface area (Å²) in [6, 6.07) is 14.0. The summed E-state index contributed by atoms with van der Waals surface area (Å²) in [5, 5.41) is 11.2. The maximum absolute atomic E-state index is 12.7. The van der Waals surface area contributed by atoms with Gasteiger partial charge < -0.3 is 9.84 Å². The summed E-state index contributed by atoms with van der Waals surface area (Å²) in [6.45, 7) is 3.73. The van der Waals surface area contributed by atoms with Crippen LogP contribution in [-0.2, 0) is 15.1 Å². The lowest BCUT2D eigenvalue weighted by Crippen LogP contribution is -2.40. The number of hydrogen-bond acceptors (Lipinski definition) is 3. The van der Waals surface area contributed by atoms with Gasteiger partial charge in [0.1, 0.15) is 0 Å². The van der Waals surface area contributed by atoms with Gasteiger partial charge in [-0.15, -0.1) is 0 Å². The third-order valence-electron chi connectivity index (χ3n) is 3.70. The number of aliphatic hydroxyl groups is 1. The molecule has 0 saturated heterocycles. The van der Waals surface area contributed by atoms with E-state index in [1.165, 1.54) is 0 Å². The number of benzene rings is 2. The highest BCUT2D eigenvalue weighted by molar-refractivity contribution is 9.10. The Morgan fingerprint density at radius 1 is 1.04 bits per heavy atom. The van der Waals surface area contributed by atoms with Crippen molar-refractivity contribution in [2.24, 2.45) is 0 Å². The summed E-state index contributed by atoms with van der Waals surface area (Å²) >= 11 is 6.72. The van der Waals surface area contributed by atoms with Crippen molar-refractivity contribution in [1.82, 2.24) is 0 Å². The highest BCUT2D eigenvalue weighted by atomic mass is 79.9. The Bertz CT molecular complexity index is 620. The van der Waals surface area contributed by atoms with Crippen molar-refractivity contribution in [3.8, 4) is 0 Å². The monoisotopic (exact) mass is 440 g/mol. The number of carbonyl (C=O) groups excluding carboxylic acids is 1. The molecule has 1 N–H and O–H groups in total. The van der Waals surface area contributed by atoms with E-state index in [9.17, 15) is 9.90 Å². The molecule has 0 radical (unpaired) electrons. The maximum atomic E-state index is 12.7. The molecule has 0 spiro atoms. The first kappa shape index (κ1) is 18.2. The molecule has 122 valence electrons. The number of carbonyl (C=O) groups is 1. The second kappa shape index (κ2) is 7.60. The van der Waals surface area contributed by atoms with E-state index in [4.69, 9.17) is 4.74 Å². The smallest absolute Gasteiger partial charge is 0.347 e. The van der Waals surface area contributed by atoms with E-state index in [1.54, 1.807) is 48.5 Å². The van der Waals surface area contributed by atoms with E-state index in [1.807, 2.05) is 13.8 Å². The van der Waals surface area contributed by atoms with E-state index < -0.39 is 11.6 Å². The van der Waals surface area contributed by atoms with Crippen molar-refractivity contribution >= 4 is 37.8 Å².